The Kier molecular flexibility index (Phi) is 5.55. The molecule has 0 spiro atoms. The van der Waals surface area contributed by atoms with Crippen LogP contribution in [0.2, 0.25) is 0 Å². The highest BCUT2D eigenvalue weighted by molar-refractivity contribution is 5.95. The van der Waals surface area contributed by atoms with Crippen LogP contribution in [0, 0.1) is 0 Å². The molecule has 0 aliphatic heterocycles. The second-order valence-corrected chi connectivity index (χ2v) is 5.38. The van der Waals surface area contributed by atoms with Gasteiger partial charge >= 0.3 is 0 Å². The maximum atomic E-state index is 12.0. The van der Waals surface area contributed by atoms with Gasteiger partial charge in [-0.25, -0.2) is 15.0 Å². The number of imidazole rings is 1. The molecule has 0 aliphatic rings. The molecule has 0 bridgehead atoms. The van der Waals surface area contributed by atoms with E-state index in [-0.39, 0.29) is 5.91 Å². The molecule has 26 heavy (non-hydrogen) atoms. The lowest BCUT2D eigenvalue weighted by molar-refractivity contribution is 0.0962. The fourth-order valence-electron chi connectivity index (χ4n) is 2.21. The Hall–Kier alpha value is -3.69. The number of aryl methyl sites for hydroxylation is 1. The Labute approximate surface area is 149 Å². The molecule has 134 valence electrons. The monoisotopic (exact) mass is 353 g/mol. The van der Waals surface area contributed by atoms with Gasteiger partial charge in [0.05, 0.1) is 6.33 Å². The van der Waals surface area contributed by atoms with Gasteiger partial charge in [0.2, 0.25) is 0 Å². The fourth-order valence-corrected chi connectivity index (χ4v) is 2.21. The van der Waals surface area contributed by atoms with Crippen molar-refractivity contribution < 1.29 is 4.79 Å². The lowest BCUT2D eigenvalue weighted by Crippen LogP contribution is -2.30. The highest BCUT2D eigenvalue weighted by atomic mass is 16.2. The fraction of sp³-hybridized carbons (Fsp3) is 0.188. The zero-order chi connectivity index (χ0) is 18.2. The molecule has 0 radical (unpaired) electrons. The molecule has 5 N–H and O–H groups in total. The number of anilines is 3. The number of hydrazine groups is 1. The number of nitrogens with one attached hydrogen (secondary N) is 3. The van der Waals surface area contributed by atoms with Crippen LogP contribution in [0.1, 0.15) is 16.8 Å². The Morgan fingerprint density at radius 2 is 1.92 bits per heavy atom. The molecular formula is C16H19N9O. The number of hydrogen-bond acceptors (Lipinski definition) is 8. The molecular weight excluding hydrogens is 334 g/mol. The largest absolute Gasteiger partial charge is 0.393 e. The van der Waals surface area contributed by atoms with Gasteiger partial charge in [-0.05, 0) is 18.6 Å². The van der Waals surface area contributed by atoms with Gasteiger partial charge in [-0.3, -0.25) is 20.6 Å². The van der Waals surface area contributed by atoms with Gasteiger partial charge in [-0.15, -0.1) is 0 Å². The average molecular weight is 353 g/mol. The second kappa shape index (κ2) is 8.42. The van der Waals surface area contributed by atoms with Crippen molar-refractivity contribution in [1.29, 1.82) is 0 Å². The summed E-state index contributed by atoms with van der Waals surface area (Å²) in [4.78, 5) is 28.1. The summed E-state index contributed by atoms with van der Waals surface area (Å²) in [5.41, 5.74) is 12.1. The van der Waals surface area contributed by atoms with Crippen LogP contribution in [-0.2, 0) is 6.54 Å². The topological polar surface area (TPSA) is 136 Å². The second-order valence-electron chi connectivity index (χ2n) is 5.38. The highest BCUT2D eigenvalue weighted by Crippen LogP contribution is 2.21. The Bertz CT molecular complexity index is 836. The summed E-state index contributed by atoms with van der Waals surface area (Å²) in [5.74, 6) is 0.506. The lowest BCUT2D eigenvalue weighted by Gasteiger charge is -2.13. The Balaban J connectivity index is 1.52. The van der Waals surface area contributed by atoms with E-state index in [4.69, 9.17) is 5.73 Å². The summed E-state index contributed by atoms with van der Waals surface area (Å²) in [6.07, 6.45) is 10.8. The van der Waals surface area contributed by atoms with Gasteiger partial charge in [0, 0.05) is 43.4 Å². The van der Waals surface area contributed by atoms with E-state index < -0.39 is 0 Å². The first-order valence-electron chi connectivity index (χ1n) is 8.00. The van der Waals surface area contributed by atoms with Crippen molar-refractivity contribution in [2.45, 2.75) is 13.0 Å². The van der Waals surface area contributed by atoms with Gasteiger partial charge in [0.15, 0.2) is 11.6 Å². The maximum Gasteiger partial charge on any atom is 0.269 e. The summed E-state index contributed by atoms with van der Waals surface area (Å²) < 4.78 is 1.99. The third-order valence-electron chi connectivity index (χ3n) is 3.57. The van der Waals surface area contributed by atoms with Crippen LogP contribution in [0.3, 0.4) is 0 Å². The average Bonchev–Trinajstić information content (AvgIpc) is 3.19. The van der Waals surface area contributed by atoms with Crippen LogP contribution in [0.4, 0.5) is 17.3 Å². The number of rotatable bonds is 8. The minimum absolute atomic E-state index is 0.319. The minimum Gasteiger partial charge on any atom is -0.393 e. The van der Waals surface area contributed by atoms with Gasteiger partial charge in [0.1, 0.15) is 12.0 Å². The van der Waals surface area contributed by atoms with Gasteiger partial charge in [-0.2, -0.15) is 0 Å². The summed E-state index contributed by atoms with van der Waals surface area (Å²) in [7, 11) is 0. The number of pyridine rings is 1. The van der Waals surface area contributed by atoms with Gasteiger partial charge in [0.25, 0.3) is 5.91 Å². The smallest absolute Gasteiger partial charge is 0.269 e. The number of amides is 1. The van der Waals surface area contributed by atoms with E-state index in [1.165, 1.54) is 6.33 Å². The predicted molar refractivity (Wildman–Crippen MR) is 97.1 cm³/mol. The molecule has 3 aromatic heterocycles. The molecule has 3 rings (SSSR count). The number of nitrogens with zero attached hydrogens (tertiary/aromatic N) is 5. The SMILES string of the molecule is Nc1c(NCCCn2ccnc2)ncnc1NNC(=O)c1ccncc1. The highest BCUT2D eigenvalue weighted by Gasteiger charge is 2.09. The van der Waals surface area contributed by atoms with E-state index in [1.54, 1.807) is 37.1 Å². The van der Waals surface area contributed by atoms with Crippen LogP contribution in [0.5, 0.6) is 0 Å². The van der Waals surface area contributed by atoms with Crippen LogP contribution < -0.4 is 21.9 Å². The van der Waals surface area contributed by atoms with Crippen LogP contribution in [-0.4, -0.2) is 37.0 Å². The summed E-state index contributed by atoms with van der Waals surface area (Å²) >= 11 is 0. The standard InChI is InChI=1S/C16H19N9O/c17-13-14(20-4-1-8-25-9-7-19-11-25)21-10-22-15(13)23-24-16(26)12-2-5-18-6-3-12/h2-3,5-7,9-11H,1,4,8,17H2,(H,24,26)(H2,20,21,22,23). The third-order valence-corrected chi connectivity index (χ3v) is 3.57. The lowest BCUT2D eigenvalue weighted by atomic mass is 10.3. The van der Waals surface area contributed by atoms with E-state index in [2.05, 4.69) is 36.1 Å². The van der Waals surface area contributed by atoms with Crippen molar-refractivity contribution in [3.8, 4) is 0 Å². The molecule has 3 aromatic rings. The summed E-state index contributed by atoms with van der Waals surface area (Å²) in [5, 5.41) is 3.16. The maximum absolute atomic E-state index is 12.0. The van der Waals surface area contributed by atoms with Crippen molar-refractivity contribution in [3.05, 3.63) is 55.1 Å². The number of aromatic nitrogens is 5. The zero-order valence-corrected chi connectivity index (χ0v) is 14.0. The third kappa shape index (κ3) is 4.44. The normalized spacial score (nSPS) is 10.3. The Morgan fingerprint density at radius 3 is 2.69 bits per heavy atom. The van der Waals surface area contributed by atoms with E-state index in [9.17, 15) is 4.79 Å². The van der Waals surface area contributed by atoms with Gasteiger partial charge in [-0.1, -0.05) is 0 Å². The van der Waals surface area contributed by atoms with Crippen molar-refractivity contribution in [1.82, 2.24) is 29.9 Å². The summed E-state index contributed by atoms with van der Waals surface area (Å²) in [6, 6.07) is 3.21. The molecule has 1 amide bonds. The van der Waals surface area contributed by atoms with Crippen molar-refractivity contribution in [2.24, 2.45) is 0 Å². The molecule has 0 unspecified atom stereocenters. The number of carbonyl (C=O) groups is 1. The number of hydrogen-bond donors (Lipinski definition) is 4. The van der Waals surface area contributed by atoms with Gasteiger partial charge < -0.3 is 15.6 Å². The quantitative estimate of drug-likeness (QED) is 0.346. The summed E-state index contributed by atoms with van der Waals surface area (Å²) in [6.45, 7) is 1.52. The predicted octanol–water partition coefficient (Wildman–Crippen LogP) is 0.909. The van der Waals surface area contributed by atoms with E-state index in [1.807, 2.05) is 10.8 Å². The van der Waals surface area contributed by atoms with Crippen molar-refractivity contribution >= 4 is 23.2 Å². The molecule has 0 saturated heterocycles. The zero-order valence-electron chi connectivity index (χ0n) is 14.0. The molecule has 10 nitrogen and oxygen atoms in total. The molecule has 0 aromatic carbocycles. The number of nitrogens with two attached hydrogens (primary N) is 1. The molecule has 10 heteroatoms. The molecule has 0 fully saturated rings. The van der Waals surface area contributed by atoms with Crippen LogP contribution in [0.25, 0.3) is 0 Å². The molecule has 0 atom stereocenters. The molecule has 0 aliphatic carbocycles. The molecule has 0 saturated carbocycles. The first-order valence-corrected chi connectivity index (χ1v) is 8.00. The van der Waals surface area contributed by atoms with Crippen molar-refractivity contribution in [3.63, 3.8) is 0 Å². The Morgan fingerprint density at radius 1 is 1.12 bits per heavy atom. The van der Waals surface area contributed by atoms with E-state index in [0.717, 1.165) is 13.0 Å². The van der Waals surface area contributed by atoms with Crippen LogP contribution >= 0.6 is 0 Å². The van der Waals surface area contributed by atoms with Crippen LogP contribution in [0.15, 0.2) is 49.6 Å². The van der Waals surface area contributed by atoms with E-state index >= 15 is 0 Å². The van der Waals surface area contributed by atoms with Crippen molar-refractivity contribution in [2.75, 3.05) is 23.0 Å². The number of nitrogen functional groups attached to an aromatic ring is 1. The first-order chi connectivity index (χ1) is 12.7. The first kappa shape index (κ1) is 17.1. The number of carbonyl (C=O) groups excluding carboxylic acids is 1. The molecule has 3 heterocycles. The minimum atomic E-state index is -0.319. The van der Waals surface area contributed by atoms with E-state index in [0.29, 0.717) is 29.4 Å².